The molecule has 0 saturated heterocycles. The average Bonchev–Trinajstić information content (AvgIpc) is 2.13. The van der Waals surface area contributed by atoms with Gasteiger partial charge in [-0.2, -0.15) is 0 Å². The zero-order valence-corrected chi connectivity index (χ0v) is 11.1. The highest BCUT2D eigenvalue weighted by Gasteiger charge is 2.22. The van der Waals surface area contributed by atoms with E-state index in [-0.39, 0.29) is 5.97 Å². The van der Waals surface area contributed by atoms with Crippen molar-refractivity contribution in [2.24, 2.45) is 17.8 Å². The Morgan fingerprint density at radius 3 is 2.29 bits per heavy atom. The van der Waals surface area contributed by atoms with Crippen LogP contribution < -0.4 is 0 Å². The number of ether oxygens (including phenoxy) is 1. The topological polar surface area (TPSA) is 26.3 Å². The van der Waals surface area contributed by atoms with Gasteiger partial charge >= 0.3 is 5.97 Å². The minimum absolute atomic E-state index is 0.0792. The van der Waals surface area contributed by atoms with Crippen molar-refractivity contribution in [2.45, 2.75) is 34.1 Å². The highest BCUT2D eigenvalue weighted by molar-refractivity contribution is 9.09. The largest absolute Gasteiger partial charge is 0.466 e. The Balaban J connectivity index is 4.08. The summed E-state index contributed by atoms with van der Waals surface area (Å²) in [5.74, 6) is 1.45. The van der Waals surface area contributed by atoms with Crippen LogP contribution in [0, 0.1) is 17.8 Å². The summed E-state index contributed by atoms with van der Waals surface area (Å²) in [6.45, 7) is 8.88. The van der Waals surface area contributed by atoms with Gasteiger partial charge in [0, 0.05) is 11.8 Å². The molecular weight excluding hydrogens is 244 g/mol. The monoisotopic (exact) mass is 264 g/mol. The molecule has 0 aliphatic rings. The maximum absolute atomic E-state index is 11.3. The van der Waals surface area contributed by atoms with Gasteiger partial charge in [0.15, 0.2) is 0 Å². The fraction of sp³-hybridized carbons (Fsp3) is 0.909. The van der Waals surface area contributed by atoms with E-state index in [1.54, 1.807) is 0 Å². The first-order valence-electron chi connectivity index (χ1n) is 5.24. The summed E-state index contributed by atoms with van der Waals surface area (Å²) in [7, 11) is 0. The second-order valence-electron chi connectivity index (χ2n) is 4.03. The lowest BCUT2D eigenvalue weighted by Gasteiger charge is -2.24. The Kier molecular flexibility index (Phi) is 7.24. The summed E-state index contributed by atoms with van der Waals surface area (Å²) in [4.78, 5) is 11.3. The molecule has 0 aliphatic carbocycles. The maximum atomic E-state index is 11.3. The van der Waals surface area contributed by atoms with Crippen molar-refractivity contribution in [3.8, 4) is 0 Å². The quantitative estimate of drug-likeness (QED) is 0.544. The summed E-state index contributed by atoms with van der Waals surface area (Å²) in [5.41, 5.74) is 0. The molecular formula is C11H21BrO2. The molecule has 14 heavy (non-hydrogen) atoms. The summed E-state index contributed by atoms with van der Waals surface area (Å²) in [5, 5.41) is 0.866. The number of hydrogen-bond acceptors (Lipinski definition) is 2. The van der Waals surface area contributed by atoms with Crippen LogP contribution in [0.2, 0.25) is 0 Å². The molecule has 0 heterocycles. The van der Waals surface area contributed by atoms with Gasteiger partial charge in [-0.3, -0.25) is 4.79 Å². The van der Waals surface area contributed by atoms with Gasteiger partial charge in [-0.15, -0.1) is 0 Å². The Labute approximate surface area is 95.5 Å². The smallest absolute Gasteiger partial charge is 0.306 e. The third kappa shape index (κ3) is 4.99. The van der Waals surface area contributed by atoms with Gasteiger partial charge in [0.05, 0.1) is 6.61 Å². The number of carbonyl (C=O) groups is 1. The lowest BCUT2D eigenvalue weighted by molar-refractivity contribution is -0.144. The van der Waals surface area contributed by atoms with Crippen LogP contribution in [0.1, 0.15) is 34.1 Å². The van der Waals surface area contributed by atoms with Crippen LogP contribution in [0.4, 0.5) is 0 Å². The zero-order valence-electron chi connectivity index (χ0n) is 9.55. The van der Waals surface area contributed by atoms with E-state index in [1.165, 1.54) is 0 Å². The number of rotatable bonds is 6. The molecule has 0 aromatic rings. The molecule has 0 N–H and O–H groups in total. The zero-order chi connectivity index (χ0) is 11.1. The molecule has 0 aromatic carbocycles. The van der Waals surface area contributed by atoms with Gasteiger partial charge in [-0.1, -0.05) is 36.7 Å². The number of esters is 1. The molecule has 2 atom stereocenters. The van der Waals surface area contributed by atoms with Crippen LogP contribution in [0.5, 0.6) is 0 Å². The van der Waals surface area contributed by atoms with E-state index in [1.807, 2.05) is 6.92 Å². The minimum Gasteiger partial charge on any atom is -0.466 e. The molecule has 0 amide bonds. The van der Waals surface area contributed by atoms with Gasteiger partial charge in [0.2, 0.25) is 0 Å². The average molecular weight is 265 g/mol. The molecule has 0 bridgehead atoms. The standard InChI is InChI=1S/C11H21BrO2/c1-5-14-11(13)6-10(7-12)9(4)8(2)3/h8-10H,5-7H2,1-4H3. The number of halogens is 1. The van der Waals surface area contributed by atoms with E-state index in [0.29, 0.717) is 30.8 Å². The number of hydrogen-bond donors (Lipinski definition) is 0. The Morgan fingerprint density at radius 2 is 1.93 bits per heavy atom. The van der Waals surface area contributed by atoms with Gasteiger partial charge in [-0.25, -0.2) is 0 Å². The Morgan fingerprint density at radius 1 is 1.36 bits per heavy atom. The molecule has 2 unspecified atom stereocenters. The first kappa shape index (κ1) is 13.9. The predicted molar refractivity (Wildman–Crippen MR) is 62.5 cm³/mol. The third-order valence-electron chi connectivity index (χ3n) is 2.73. The molecule has 0 radical (unpaired) electrons. The molecule has 84 valence electrons. The van der Waals surface area contributed by atoms with Gasteiger partial charge in [0.1, 0.15) is 0 Å². The van der Waals surface area contributed by atoms with Crippen LogP contribution in [0.25, 0.3) is 0 Å². The SMILES string of the molecule is CCOC(=O)CC(CBr)C(C)C(C)C. The normalized spacial score (nSPS) is 15.3. The summed E-state index contributed by atoms with van der Waals surface area (Å²) in [6.07, 6.45) is 0.526. The first-order valence-corrected chi connectivity index (χ1v) is 6.36. The molecule has 0 saturated carbocycles. The molecule has 0 aliphatic heterocycles. The molecule has 0 rings (SSSR count). The van der Waals surface area contributed by atoms with Crippen LogP contribution in [0.3, 0.4) is 0 Å². The van der Waals surface area contributed by atoms with E-state index < -0.39 is 0 Å². The van der Waals surface area contributed by atoms with E-state index in [2.05, 4.69) is 36.7 Å². The molecule has 0 aromatic heterocycles. The van der Waals surface area contributed by atoms with Crippen molar-refractivity contribution in [1.82, 2.24) is 0 Å². The van der Waals surface area contributed by atoms with E-state index in [9.17, 15) is 4.79 Å². The molecule has 2 nitrogen and oxygen atoms in total. The summed E-state index contributed by atoms with van der Waals surface area (Å²) >= 11 is 3.46. The van der Waals surface area contributed by atoms with Crippen molar-refractivity contribution >= 4 is 21.9 Å². The van der Waals surface area contributed by atoms with Crippen molar-refractivity contribution in [3.05, 3.63) is 0 Å². The van der Waals surface area contributed by atoms with E-state index >= 15 is 0 Å². The fourth-order valence-corrected chi connectivity index (χ4v) is 2.18. The van der Waals surface area contributed by atoms with Crippen LogP contribution in [-0.2, 0) is 9.53 Å². The number of carbonyl (C=O) groups excluding carboxylic acids is 1. The van der Waals surface area contributed by atoms with Crippen molar-refractivity contribution in [3.63, 3.8) is 0 Å². The fourth-order valence-electron chi connectivity index (χ4n) is 1.36. The van der Waals surface area contributed by atoms with E-state index in [4.69, 9.17) is 4.74 Å². The molecule has 0 spiro atoms. The van der Waals surface area contributed by atoms with Crippen LogP contribution in [-0.4, -0.2) is 17.9 Å². The minimum atomic E-state index is -0.0792. The van der Waals surface area contributed by atoms with Gasteiger partial charge in [0.25, 0.3) is 0 Å². The third-order valence-corrected chi connectivity index (χ3v) is 3.56. The van der Waals surface area contributed by atoms with Crippen LogP contribution >= 0.6 is 15.9 Å². The Hall–Kier alpha value is -0.0500. The van der Waals surface area contributed by atoms with Crippen molar-refractivity contribution < 1.29 is 9.53 Å². The van der Waals surface area contributed by atoms with E-state index in [0.717, 1.165) is 5.33 Å². The second-order valence-corrected chi connectivity index (χ2v) is 4.67. The number of alkyl halides is 1. The van der Waals surface area contributed by atoms with Crippen molar-refractivity contribution in [1.29, 1.82) is 0 Å². The van der Waals surface area contributed by atoms with Gasteiger partial charge < -0.3 is 4.74 Å². The maximum Gasteiger partial charge on any atom is 0.306 e. The first-order chi connectivity index (χ1) is 6.52. The second kappa shape index (κ2) is 7.27. The Bertz CT molecular complexity index is 169. The van der Waals surface area contributed by atoms with Crippen molar-refractivity contribution in [2.75, 3.05) is 11.9 Å². The molecule has 3 heteroatoms. The molecule has 0 fully saturated rings. The summed E-state index contributed by atoms with van der Waals surface area (Å²) < 4.78 is 4.94. The lowest BCUT2D eigenvalue weighted by Crippen LogP contribution is -2.22. The van der Waals surface area contributed by atoms with Gasteiger partial charge in [-0.05, 0) is 24.7 Å². The highest BCUT2D eigenvalue weighted by Crippen LogP contribution is 2.25. The van der Waals surface area contributed by atoms with Crippen LogP contribution in [0.15, 0.2) is 0 Å². The highest BCUT2D eigenvalue weighted by atomic mass is 79.9. The summed E-state index contributed by atoms with van der Waals surface area (Å²) in [6, 6.07) is 0. The predicted octanol–water partition coefficient (Wildman–Crippen LogP) is 3.24. The lowest BCUT2D eigenvalue weighted by atomic mass is 9.84.